The molecule has 0 radical (unpaired) electrons. The fourth-order valence-corrected chi connectivity index (χ4v) is 2.96. The molecule has 0 aliphatic rings. The zero-order valence-electron chi connectivity index (χ0n) is 19.1. The van der Waals surface area contributed by atoms with Crippen molar-refractivity contribution in [2.75, 3.05) is 25.0 Å². The molecule has 1 aromatic carbocycles. The number of carbonyl (C=O) groups is 2. The first-order valence-electron chi connectivity index (χ1n) is 10.7. The molecular weight excluding hydrogens is 378 g/mol. The number of likely N-dealkylation sites (N-methyl/N-ethyl adjacent to an activating group) is 1. The second-order valence-corrected chi connectivity index (χ2v) is 8.56. The van der Waals surface area contributed by atoms with Crippen LogP contribution in [-0.4, -0.2) is 46.3 Å². The molecule has 0 saturated carbocycles. The fourth-order valence-electron chi connectivity index (χ4n) is 2.96. The van der Waals surface area contributed by atoms with E-state index < -0.39 is 0 Å². The predicted molar refractivity (Wildman–Crippen MR) is 121 cm³/mol. The van der Waals surface area contributed by atoms with Crippen LogP contribution in [0.15, 0.2) is 30.3 Å². The molecule has 164 valence electrons. The van der Waals surface area contributed by atoms with E-state index in [4.69, 9.17) is 5.10 Å². The van der Waals surface area contributed by atoms with Gasteiger partial charge in [-0.1, -0.05) is 46.2 Å². The molecule has 0 atom stereocenters. The highest BCUT2D eigenvalue weighted by Crippen LogP contribution is 2.26. The molecule has 3 amide bonds. The van der Waals surface area contributed by atoms with E-state index in [9.17, 15) is 9.59 Å². The number of rotatable bonds is 8. The quantitative estimate of drug-likeness (QED) is 0.635. The second kappa shape index (κ2) is 10.3. The molecule has 7 nitrogen and oxygen atoms in total. The van der Waals surface area contributed by atoms with E-state index in [0.717, 1.165) is 29.8 Å². The van der Waals surface area contributed by atoms with E-state index in [1.807, 2.05) is 44.2 Å². The highest BCUT2D eigenvalue weighted by atomic mass is 16.2. The highest BCUT2D eigenvalue weighted by Gasteiger charge is 2.22. The average Bonchev–Trinajstić information content (AvgIpc) is 3.10. The van der Waals surface area contributed by atoms with Crippen LogP contribution in [0, 0.1) is 6.92 Å². The van der Waals surface area contributed by atoms with Crippen LogP contribution < -0.4 is 10.6 Å². The van der Waals surface area contributed by atoms with Gasteiger partial charge in [-0.3, -0.25) is 4.79 Å². The maximum atomic E-state index is 12.8. The Kier molecular flexibility index (Phi) is 8.03. The first-order valence-corrected chi connectivity index (χ1v) is 10.7. The molecule has 2 rings (SSSR count). The van der Waals surface area contributed by atoms with Crippen molar-refractivity contribution in [3.05, 3.63) is 41.6 Å². The van der Waals surface area contributed by atoms with E-state index in [1.165, 1.54) is 4.90 Å². The number of hydrogen-bond donors (Lipinski definition) is 2. The Bertz CT molecular complexity index is 867. The van der Waals surface area contributed by atoms with Gasteiger partial charge in [0.05, 0.1) is 11.4 Å². The molecule has 0 spiro atoms. The van der Waals surface area contributed by atoms with Crippen LogP contribution in [0.1, 0.15) is 58.7 Å². The van der Waals surface area contributed by atoms with Gasteiger partial charge >= 0.3 is 6.03 Å². The first kappa shape index (κ1) is 23.4. The third-order valence-electron chi connectivity index (χ3n) is 4.80. The fraction of sp³-hybridized carbons (Fsp3) is 0.522. The number of unbranched alkanes of at least 4 members (excludes halogenated alkanes) is 1. The molecular formula is C23H35N5O2. The molecule has 0 bridgehead atoms. The lowest BCUT2D eigenvalue weighted by molar-refractivity contribution is -0.116. The van der Waals surface area contributed by atoms with Crippen LogP contribution in [-0.2, 0) is 10.2 Å². The van der Waals surface area contributed by atoms with Crippen LogP contribution in [0.5, 0.6) is 0 Å². The zero-order chi connectivity index (χ0) is 22.3. The van der Waals surface area contributed by atoms with Crippen molar-refractivity contribution in [3.63, 3.8) is 0 Å². The SMILES string of the molecule is CCCCNC(=O)N(CC)CC(=O)Nc1cc(C(C)(C)C)nn1-c1cccc(C)c1. The van der Waals surface area contributed by atoms with E-state index in [2.05, 4.69) is 38.3 Å². The number of nitrogens with one attached hydrogen (secondary N) is 2. The average molecular weight is 414 g/mol. The van der Waals surface area contributed by atoms with Crippen LogP contribution in [0.2, 0.25) is 0 Å². The Morgan fingerprint density at radius 2 is 1.90 bits per heavy atom. The maximum Gasteiger partial charge on any atom is 0.317 e. The van der Waals surface area contributed by atoms with E-state index in [0.29, 0.717) is 18.9 Å². The molecule has 2 N–H and O–H groups in total. The third kappa shape index (κ3) is 6.34. The molecule has 1 heterocycles. The molecule has 0 saturated heterocycles. The predicted octanol–water partition coefficient (Wildman–Crippen LogP) is 4.25. The third-order valence-corrected chi connectivity index (χ3v) is 4.80. The Morgan fingerprint density at radius 3 is 2.50 bits per heavy atom. The summed E-state index contributed by atoms with van der Waals surface area (Å²) >= 11 is 0. The summed E-state index contributed by atoms with van der Waals surface area (Å²) in [5.41, 5.74) is 2.70. The number of nitrogens with zero attached hydrogens (tertiary/aromatic N) is 3. The number of anilines is 1. The summed E-state index contributed by atoms with van der Waals surface area (Å²) in [6.45, 7) is 13.3. The summed E-state index contributed by atoms with van der Waals surface area (Å²) in [7, 11) is 0. The number of amides is 3. The first-order chi connectivity index (χ1) is 14.2. The van der Waals surface area contributed by atoms with Gasteiger partial charge in [0, 0.05) is 24.6 Å². The minimum Gasteiger partial charge on any atom is -0.338 e. The number of aryl methyl sites for hydroxylation is 1. The van der Waals surface area contributed by atoms with Crippen LogP contribution in [0.3, 0.4) is 0 Å². The number of benzene rings is 1. The second-order valence-electron chi connectivity index (χ2n) is 8.56. The lowest BCUT2D eigenvalue weighted by Crippen LogP contribution is -2.44. The lowest BCUT2D eigenvalue weighted by Gasteiger charge is -2.21. The summed E-state index contributed by atoms with van der Waals surface area (Å²) in [5.74, 6) is 0.342. The van der Waals surface area contributed by atoms with Gasteiger partial charge in [-0.15, -0.1) is 0 Å². The summed E-state index contributed by atoms with van der Waals surface area (Å²) in [4.78, 5) is 26.6. The Balaban J connectivity index is 2.20. The number of aromatic nitrogens is 2. The van der Waals surface area contributed by atoms with Gasteiger partial charge in [0.25, 0.3) is 0 Å². The van der Waals surface area contributed by atoms with Crippen molar-refractivity contribution >= 4 is 17.8 Å². The standard InChI is InChI=1S/C23H35N5O2/c1-7-9-13-24-22(30)27(8-2)16-21(29)25-20-15-19(23(4,5)6)26-28(20)18-12-10-11-17(3)14-18/h10-12,14-15H,7-9,13,16H2,1-6H3,(H,24,30)(H,25,29). The van der Waals surface area contributed by atoms with Gasteiger partial charge in [-0.25, -0.2) is 9.48 Å². The minimum atomic E-state index is -0.253. The topological polar surface area (TPSA) is 79.3 Å². The van der Waals surface area contributed by atoms with Crippen molar-refractivity contribution < 1.29 is 9.59 Å². The Morgan fingerprint density at radius 1 is 1.17 bits per heavy atom. The Hall–Kier alpha value is -2.83. The van der Waals surface area contributed by atoms with Crippen molar-refractivity contribution in [2.45, 2.75) is 59.8 Å². The van der Waals surface area contributed by atoms with E-state index in [1.54, 1.807) is 4.68 Å². The van der Waals surface area contributed by atoms with Crippen molar-refractivity contribution in [3.8, 4) is 5.69 Å². The van der Waals surface area contributed by atoms with Gasteiger partial charge in [0.1, 0.15) is 12.4 Å². The normalized spacial score (nSPS) is 11.3. The summed E-state index contributed by atoms with van der Waals surface area (Å²) in [6, 6.07) is 9.65. The molecule has 0 aliphatic carbocycles. The van der Waals surface area contributed by atoms with Crippen molar-refractivity contribution in [1.82, 2.24) is 20.0 Å². The number of hydrogen-bond acceptors (Lipinski definition) is 3. The summed E-state index contributed by atoms with van der Waals surface area (Å²) in [6.07, 6.45) is 1.92. The van der Waals surface area contributed by atoms with Crippen LogP contribution >= 0.6 is 0 Å². The van der Waals surface area contributed by atoms with Crippen molar-refractivity contribution in [1.29, 1.82) is 0 Å². The van der Waals surface area contributed by atoms with E-state index in [-0.39, 0.29) is 23.9 Å². The maximum absolute atomic E-state index is 12.8. The van der Waals surface area contributed by atoms with Gasteiger partial charge in [-0.2, -0.15) is 5.10 Å². The summed E-state index contributed by atoms with van der Waals surface area (Å²) < 4.78 is 1.75. The Labute approximate surface area is 179 Å². The largest absolute Gasteiger partial charge is 0.338 e. The zero-order valence-corrected chi connectivity index (χ0v) is 19.1. The molecule has 2 aromatic rings. The smallest absolute Gasteiger partial charge is 0.317 e. The minimum absolute atomic E-state index is 0.0156. The number of carbonyl (C=O) groups excluding carboxylic acids is 2. The van der Waals surface area contributed by atoms with Crippen LogP contribution in [0.25, 0.3) is 5.69 Å². The van der Waals surface area contributed by atoms with Gasteiger partial charge in [0.15, 0.2) is 0 Å². The number of urea groups is 1. The van der Waals surface area contributed by atoms with Crippen molar-refractivity contribution in [2.24, 2.45) is 0 Å². The molecule has 7 heteroatoms. The van der Waals surface area contributed by atoms with E-state index >= 15 is 0 Å². The highest BCUT2D eigenvalue weighted by molar-refractivity contribution is 5.94. The molecule has 0 fully saturated rings. The lowest BCUT2D eigenvalue weighted by atomic mass is 9.92. The van der Waals surface area contributed by atoms with Gasteiger partial charge < -0.3 is 15.5 Å². The van der Waals surface area contributed by atoms with Gasteiger partial charge in [-0.05, 0) is 38.0 Å². The molecule has 30 heavy (non-hydrogen) atoms. The summed E-state index contributed by atoms with van der Waals surface area (Å²) in [5, 5.41) is 10.5. The molecule has 0 aliphatic heterocycles. The van der Waals surface area contributed by atoms with Crippen LogP contribution in [0.4, 0.5) is 10.6 Å². The molecule has 0 unspecified atom stereocenters. The van der Waals surface area contributed by atoms with Gasteiger partial charge in [0.2, 0.25) is 5.91 Å². The molecule has 1 aromatic heterocycles. The monoisotopic (exact) mass is 413 g/mol.